The lowest BCUT2D eigenvalue weighted by molar-refractivity contribution is 0.611. The largest absolute Gasteiger partial charge is 0.272 e. The number of rotatable bonds is 1. The zero-order chi connectivity index (χ0) is 7.78. The topological polar surface area (TPSA) is 47.0 Å². The first-order chi connectivity index (χ1) is 4.50. The molecule has 0 saturated carbocycles. The molecular formula is C4H4ClNO2S2. The molecule has 6 heteroatoms. The van der Waals surface area contributed by atoms with Gasteiger partial charge >= 0.3 is 0 Å². The SMILES string of the molecule is Cc1ncc(S(=O)(=O)Cl)s1. The van der Waals surface area contributed by atoms with Gasteiger partial charge in [-0.1, -0.05) is 0 Å². The molecule has 0 spiro atoms. The van der Waals surface area contributed by atoms with Crippen molar-refractivity contribution in [2.24, 2.45) is 0 Å². The maximum atomic E-state index is 10.6. The van der Waals surface area contributed by atoms with Gasteiger partial charge in [0, 0.05) is 10.7 Å². The molecule has 0 aliphatic heterocycles. The van der Waals surface area contributed by atoms with Gasteiger partial charge in [0.15, 0.2) is 4.21 Å². The van der Waals surface area contributed by atoms with Crippen LogP contribution >= 0.6 is 22.0 Å². The summed E-state index contributed by atoms with van der Waals surface area (Å²) in [6.45, 7) is 1.72. The molecule has 0 aliphatic carbocycles. The number of thiazole rings is 1. The van der Waals surface area contributed by atoms with E-state index < -0.39 is 9.05 Å². The molecule has 0 amide bonds. The number of aryl methyl sites for hydroxylation is 1. The van der Waals surface area contributed by atoms with Crippen molar-refractivity contribution in [2.75, 3.05) is 0 Å². The standard InChI is InChI=1S/C4H4ClNO2S2/c1-3-6-2-4(9-3)10(5,7)8/h2H,1H3. The molecule has 1 aromatic heterocycles. The summed E-state index contributed by atoms with van der Waals surface area (Å²) in [6.07, 6.45) is 1.25. The third-order valence-corrected chi connectivity index (χ3v) is 3.82. The van der Waals surface area contributed by atoms with Crippen molar-refractivity contribution in [3.63, 3.8) is 0 Å². The second-order valence-electron chi connectivity index (χ2n) is 1.64. The maximum Gasteiger partial charge on any atom is 0.272 e. The number of aromatic nitrogens is 1. The maximum absolute atomic E-state index is 10.6. The molecule has 0 N–H and O–H groups in total. The molecule has 0 aromatic carbocycles. The molecule has 0 bridgehead atoms. The van der Waals surface area contributed by atoms with E-state index in [1.165, 1.54) is 6.20 Å². The normalized spacial score (nSPS) is 11.8. The van der Waals surface area contributed by atoms with Crippen molar-refractivity contribution in [3.05, 3.63) is 11.2 Å². The molecule has 3 nitrogen and oxygen atoms in total. The third kappa shape index (κ3) is 1.68. The van der Waals surface area contributed by atoms with Crippen LogP contribution in [-0.4, -0.2) is 13.4 Å². The number of halogens is 1. The van der Waals surface area contributed by atoms with Crippen molar-refractivity contribution in [2.45, 2.75) is 11.1 Å². The van der Waals surface area contributed by atoms with Gasteiger partial charge in [0.25, 0.3) is 9.05 Å². The smallest absolute Gasteiger partial charge is 0.249 e. The zero-order valence-corrected chi connectivity index (χ0v) is 7.42. The molecule has 1 rings (SSSR count). The zero-order valence-electron chi connectivity index (χ0n) is 5.04. The minimum absolute atomic E-state index is 0.103. The Morgan fingerprint density at radius 3 is 2.50 bits per heavy atom. The Labute approximate surface area is 67.1 Å². The molecule has 56 valence electrons. The van der Waals surface area contributed by atoms with E-state index in [-0.39, 0.29) is 4.21 Å². The van der Waals surface area contributed by atoms with Crippen molar-refractivity contribution < 1.29 is 8.42 Å². The summed E-state index contributed by atoms with van der Waals surface area (Å²) in [5, 5.41) is 0.694. The van der Waals surface area contributed by atoms with Crippen LogP contribution in [0.25, 0.3) is 0 Å². The van der Waals surface area contributed by atoms with Crippen LogP contribution in [0, 0.1) is 6.92 Å². The van der Waals surface area contributed by atoms with E-state index in [1.54, 1.807) is 6.92 Å². The summed E-state index contributed by atoms with van der Waals surface area (Å²) in [5.41, 5.74) is 0. The average Bonchev–Trinajstić information content (AvgIpc) is 2.11. The van der Waals surface area contributed by atoms with Crippen LogP contribution in [0.5, 0.6) is 0 Å². The molecule has 1 heterocycles. The highest BCUT2D eigenvalue weighted by Crippen LogP contribution is 2.21. The molecule has 0 fully saturated rings. The minimum atomic E-state index is -3.55. The summed E-state index contributed by atoms with van der Waals surface area (Å²) in [6, 6.07) is 0. The van der Waals surface area contributed by atoms with Crippen LogP contribution in [0.4, 0.5) is 0 Å². The fraction of sp³-hybridized carbons (Fsp3) is 0.250. The van der Waals surface area contributed by atoms with Crippen LogP contribution in [0.2, 0.25) is 0 Å². The second-order valence-corrected chi connectivity index (χ2v) is 5.66. The number of nitrogens with zero attached hydrogens (tertiary/aromatic N) is 1. The van der Waals surface area contributed by atoms with Gasteiger partial charge in [-0.15, -0.1) is 11.3 Å². The summed E-state index contributed by atoms with van der Waals surface area (Å²) in [7, 11) is 1.46. The van der Waals surface area contributed by atoms with Crippen LogP contribution in [0.15, 0.2) is 10.4 Å². The van der Waals surface area contributed by atoms with Gasteiger partial charge in [-0.3, -0.25) is 0 Å². The van der Waals surface area contributed by atoms with Crippen LogP contribution in [0.1, 0.15) is 5.01 Å². The highest BCUT2D eigenvalue weighted by Gasteiger charge is 2.12. The van der Waals surface area contributed by atoms with Crippen molar-refractivity contribution in [1.29, 1.82) is 0 Å². The van der Waals surface area contributed by atoms with Gasteiger partial charge in [0.05, 0.1) is 11.2 Å². The summed E-state index contributed by atoms with van der Waals surface area (Å²) in [5.74, 6) is 0. The van der Waals surface area contributed by atoms with E-state index in [0.717, 1.165) is 11.3 Å². The first kappa shape index (κ1) is 7.97. The summed E-state index contributed by atoms with van der Waals surface area (Å²) < 4.78 is 21.3. The Bertz CT molecular complexity index is 329. The number of hydrogen-bond donors (Lipinski definition) is 0. The van der Waals surface area contributed by atoms with Crippen molar-refractivity contribution in [3.8, 4) is 0 Å². The van der Waals surface area contributed by atoms with Gasteiger partial charge in [-0.05, 0) is 6.92 Å². The first-order valence-electron chi connectivity index (χ1n) is 2.37. The van der Waals surface area contributed by atoms with E-state index in [4.69, 9.17) is 10.7 Å². The molecule has 0 unspecified atom stereocenters. The molecule has 0 atom stereocenters. The third-order valence-electron chi connectivity index (χ3n) is 0.840. The van der Waals surface area contributed by atoms with Gasteiger partial charge in [0.1, 0.15) is 0 Å². The first-order valence-corrected chi connectivity index (χ1v) is 5.50. The summed E-state index contributed by atoms with van der Waals surface area (Å²) >= 11 is 1.06. The Morgan fingerprint density at radius 1 is 1.70 bits per heavy atom. The minimum Gasteiger partial charge on any atom is -0.249 e. The van der Waals surface area contributed by atoms with E-state index in [1.807, 2.05) is 0 Å². The quantitative estimate of drug-likeness (QED) is 0.639. The van der Waals surface area contributed by atoms with Crippen LogP contribution in [-0.2, 0) is 9.05 Å². The Balaban J connectivity index is 3.21. The fourth-order valence-electron chi connectivity index (χ4n) is 0.455. The fourth-order valence-corrected chi connectivity index (χ4v) is 2.30. The predicted molar refractivity (Wildman–Crippen MR) is 39.9 cm³/mol. The Kier molecular flexibility index (Phi) is 1.98. The lowest BCUT2D eigenvalue weighted by Gasteiger charge is -1.82. The monoisotopic (exact) mass is 197 g/mol. The van der Waals surface area contributed by atoms with Gasteiger partial charge < -0.3 is 0 Å². The molecule has 0 saturated heterocycles. The lowest BCUT2D eigenvalue weighted by Crippen LogP contribution is -1.83. The van der Waals surface area contributed by atoms with Gasteiger partial charge in [0.2, 0.25) is 0 Å². The van der Waals surface area contributed by atoms with Crippen molar-refractivity contribution >= 4 is 31.1 Å². The average molecular weight is 198 g/mol. The lowest BCUT2D eigenvalue weighted by atomic mass is 10.8. The van der Waals surface area contributed by atoms with E-state index >= 15 is 0 Å². The van der Waals surface area contributed by atoms with Crippen LogP contribution in [0.3, 0.4) is 0 Å². The van der Waals surface area contributed by atoms with Gasteiger partial charge in [-0.2, -0.15) is 0 Å². The predicted octanol–water partition coefficient (Wildman–Crippen LogP) is 1.38. The highest BCUT2D eigenvalue weighted by molar-refractivity contribution is 8.15. The highest BCUT2D eigenvalue weighted by atomic mass is 35.7. The van der Waals surface area contributed by atoms with E-state index in [2.05, 4.69) is 4.98 Å². The molecule has 1 aromatic rings. The molecule has 0 aliphatic rings. The van der Waals surface area contributed by atoms with Crippen LogP contribution < -0.4 is 0 Å². The van der Waals surface area contributed by atoms with E-state index in [9.17, 15) is 8.42 Å². The molecule has 10 heavy (non-hydrogen) atoms. The summed E-state index contributed by atoms with van der Waals surface area (Å²) in [4.78, 5) is 3.74. The van der Waals surface area contributed by atoms with E-state index in [0.29, 0.717) is 5.01 Å². The Hall–Kier alpha value is -0.130. The number of hydrogen-bond acceptors (Lipinski definition) is 4. The second kappa shape index (κ2) is 2.48. The van der Waals surface area contributed by atoms with Gasteiger partial charge in [-0.25, -0.2) is 13.4 Å². The van der Waals surface area contributed by atoms with Crippen molar-refractivity contribution in [1.82, 2.24) is 4.98 Å². The molecular weight excluding hydrogens is 194 g/mol. The molecule has 0 radical (unpaired) electrons. The Morgan fingerprint density at radius 2 is 2.30 bits per heavy atom.